The minimum Gasteiger partial charge on any atom is -0.480 e. The zero-order valence-corrected chi connectivity index (χ0v) is 10.3. The standard InChI is InChI=1S/C11H15N5O2/c1-3-4-8-5-9(14-7(2)10(17)18)16-11(15-8)12-6-13-16/h5-7,14H,3-4H2,1-2H3,(H,17,18)/t7-/m0/s1. The zero-order chi connectivity index (χ0) is 13.1. The van der Waals surface area contributed by atoms with Crippen molar-refractivity contribution in [1.82, 2.24) is 19.6 Å². The van der Waals surface area contributed by atoms with Crippen molar-refractivity contribution >= 4 is 17.6 Å². The highest BCUT2D eigenvalue weighted by atomic mass is 16.4. The van der Waals surface area contributed by atoms with E-state index in [-0.39, 0.29) is 0 Å². The van der Waals surface area contributed by atoms with Crippen molar-refractivity contribution in [2.45, 2.75) is 32.7 Å². The quantitative estimate of drug-likeness (QED) is 0.820. The number of hydrogen-bond acceptors (Lipinski definition) is 5. The lowest BCUT2D eigenvalue weighted by Crippen LogP contribution is -2.26. The van der Waals surface area contributed by atoms with Crippen LogP contribution in [0.15, 0.2) is 12.4 Å². The molecular formula is C11H15N5O2. The van der Waals surface area contributed by atoms with Crippen LogP contribution >= 0.6 is 0 Å². The Morgan fingerprint density at radius 2 is 2.39 bits per heavy atom. The Bertz CT molecular complexity index is 566. The molecule has 0 aliphatic carbocycles. The summed E-state index contributed by atoms with van der Waals surface area (Å²) in [7, 11) is 0. The van der Waals surface area contributed by atoms with Crippen LogP contribution in [0, 0.1) is 0 Å². The molecule has 0 aliphatic rings. The van der Waals surface area contributed by atoms with Crippen LogP contribution in [0.25, 0.3) is 5.78 Å². The number of anilines is 1. The number of nitrogens with one attached hydrogen (secondary N) is 1. The average molecular weight is 249 g/mol. The number of carboxylic acid groups (broad SMARTS) is 1. The van der Waals surface area contributed by atoms with Crippen LogP contribution < -0.4 is 5.32 Å². The van der Waals surface area contributed by atoms with Gasteiger partial charge < -0.3 is 10.4 Å². The summed E-state index contributed by atoms with van der Waals surface area (Å²) in [6.07, 6.45) is 3.18. The molecule has 2 heterocycles. The van der Waals surface area contributed by atoms with Crippen molar-refractivity contribution < 1.29 is 9.90 Å². The number of aromatic nitrogens is 4. The van der Waals surface area contributed by atoms with Gasteiger partial charge in [0.2, 0.25) is 0 Å². The van der Waals surface area contributed by atoms with E-state index in [1.165, 1.54) is 10.8 Å². The number of rotatable bonds is 5. The van der Waals surface area contributed by atoms with Crippen molar-refractivity contribution in [2.24, 2.45) is 0 Å². The second-order valence-electron chi connectivity index (χ2n) is 4.06. The average Bonchev–Trinajstić information content (AvgIpc) is 2.77. The molecule has 0 saturated carbocycles. The van der Waals surface area contributed by atoms with Crippen LogP contribution in [-0.4, -0.2) is 36.7 Å². The van der Waals surface area contributed by atoms with E-state index >= 15 is 0 Å². The van der Waals surface area contributed by atoms with Gasteiger partial charge in [0.15, 0.2) is 0 Å². The maximum Gasteiger partial charge on any atom is 0.325 e. The molecule has 0 unspecified atom stereocenters. The van der Waals surface area contributed by atoms with E-state index in [4.69, 9.17) is 5.11 Å². The first-order valence-electron chi connectivity index (χ1n) is 5.80. The molecule has 2 rings (SSSR count). The molecule has 0 radical (unpaired) electrons. The maximum absolute atomic E-state index is 10.9. The van der Waals surface area contributed by atoms with E-state index < -0.39 is 12.0 Å². The molecule has 0 aromatic carbocycles. The van der Waals surface area contributed by atoms with Crippen LogP contribution in [-0.2, 0) is 11.2 Å². The topological polar surface area (TPSA) is 92.4 Å². The third kappa shape index (κ3) is 2.39. The van der Waals surface area contributed by atoms with Gasteiger partial charge in [0, 0.05) is 11.8 Å². The van der Waals surface area contributed by atoms with E-state index in [2.05, 4.69) is 27.3 Å². The molecule has 0 bridgehead atoms. The fourth-order valence-corrected chi connectivity index (χ4v) is 1.63. The van der Waals surface area contributed by atoms with Crippen LogP contribution in [0.5, 0.6) is 0 Å². The molecule has 0 saturated heterocycles. The lowest BCUT2D eigenvalue weighted by molar-refractivity contribution is -0.137. The molecule has 0 amide bonds. The number of hydrogen-bond donors (Lipinski definition) is 2. The molecule has 7 heteroatoms. The highest BCUT2D eigenvalue weighted by Gasteiger charge is 2.14. The van der Waals surface area contributed by atoms with Gasteiger partial charge in [-0.3, -0.25) is 4.79 Å². The number of carboxylic acids is 1. The molecule has 2 N–H and O–H groups in total. The number of carbonyl (C=O) groups is 1. The van der Waals surface area contributed by atoms with E-state index in [0.29, 0.717) is 11.6 Å². The molecule has 2 aromatic heterocycles. The lowest BCUT2D eigenvalue weighted by Gasteiger charge is -2.12. The monoisotopic (exact) mass is 249 g/mol. The predicted octanol–water partition coefficient (Wildman–Crippen LogP) is 0.962. The van der Waals surface area contributed by atoms with E-state index in [1.54, 1.807) is 6.92 Å². The van der Waals surface area contributed by atoms with Gasteiger partial charge in [-0.2, -0.15) is 14.6 Å². The Morgan fingerprint density at radius 3 is 3.06 bits per heavy atom. The van der Waals surface area contributed by atoms with E-state index in [0.717, 1.165) is 18.5 Å². The summed E-state index contributed by atoms with van der Waals surface area (Å²) in [5.74, 6) is 0.147. The van der Waals surface area contributed by atoms with Gasteiger partial charge in [-0.25, -0.2) is 4.98 Å². The first kappa shape index (κ1) is 12.3. The van der Waals surface area contributed by atoms with Gasteiger partial charge in [0.25, 0.3) is 5.78 Å². The molecule has 0 spiro atoms. The first-order chi connectivity index (χ1) is 8.61. The van der Waals surface area contributed by atoms with Gasteiger partial charge >= 0.3 is 5.97 Å². The molecule has 2 aromatic rings. The highest BCUT2D eigenvalue weighted by molar-refractivity contribution is 5.76. The fourth-order valence-electron chi connectivity index (χ4n) is 1.63. The Labute approximate surface area is 104 Å². The molecule has 18 heavy (non-hydrogen) atoms. The maximum atomic E-state index is 10.9. The van der Waals surface area contributed by atoms with Gasteiger partial charge in [-0.15, -0.1) is 0 Å². The normalized spacial score (nSPS) is 12.6. The van der Waals surface area contributed by atoms with Crippen LogP contribution in [0.3, 0.4) is 0 Å². The van der Waals surface area contributed by atoms with Gasteiger partial charge in [0.05, 0.1) is 0 Å². The molecule has 96 valence electrons. The third-order valence-electron chi connectivity index (χ3n) is 2.55. The Kier molecular flexibility index (Phi) is 3.40. The summed E-state index contributed by atoms with van der Waals surface area (Å²) in [5, 5.41) is 15.8. The Morgan fingerprint density at radius 1 is 1.61 bits per heavy atom. The van der Waals surface area contributed by atoms with Crippen molar-refractivity contribution in [3.8, 4) is 0 Å². The summed E-state index contributed by atoms with van der Waals surface area (Å²) >= 11 is 0. The minimum absolute atomic E-state index is 0.473. The van der Waals surface area contributed by atoms with E-state index in [1.807, 2.05) is 6.07 Å². The summed E-state index contributed by atoms with van der Waals surface area (Å²) in [6, 6.07) is 1.11. The number of nitrogens with zero attached hydrogens (tertiary/aromatic N) is 4. The van der Waals surface area contributed by atoms with Crippen LogP contribution in [0.2, 0.25) is 0 Å². The number of fused-ring (bicyclic) bond motifs is 1. The van der Waals surface area contributed by atoms with Gasteiger partial charge in [-0.1, -0.05) is 13.3 Å². The lowest BCUT2D eigenvalue weighted by atomic mass is 10.2. The van der Waals surface area contributed by atoms with Crippen molar-refractivity contribution in [1.29, 1.82) is 0 Å². The van der Waals surface area contributed by atoms with Crippen molar-refractivity contribution in [3.63, 3.8) is 0 Å². The van der Waals surface area contributed by atoms with Gasteiger partial charge in [0.1, 0.15) is 18.2 Å². The zero-order valence-electron chi connectivity index (χ0n) is 10.3. The molecular weight excluding hydrogens is 234 g/mol. The fraction of sp³-hybridized carbons (Fsp3) is 0.455. The van der Waals surface area contributed by atoms with Crippen LogP contribution in [0.4, 0.5) is 5.82 Å². The molecule has 0 aliphatic heterocycles. The molecule has 0 fully saturated rings. The Balaban J connectivity index is 2.40. The van der Waals surface area contributed by atoms with Gasteiger partial charge in [-0.05, 0) is 13.3 Å². The number of aliphatic carboxylic acids is 1. The summed E-state index contributed by atoms with van der Waals surface area (Å²) < 4.78 is 1.50. The third-order valence-corrected chi connectivity index (χ3v) is 2.55. The Hall–Kier alpha value is -2.18. The summed E-state index contributed by atoms with van der Waals surface area (Å²) in [6.45, 7) is 3.63. The summed E-state index contributed by atoms with van der Waals surface area (Å²) in [4.78, 5) is 19.2. The summed E-state index contributed by atoms with van der Waals surface area (Å²) in [5.41, 5.74) is 0.873. The minimum atomic E-state index is -0.919. The number of aryl methyl sites for hydroxylation is 1. The molecule has 7 nitrogen and oxygen atoms in total. The highest BCUT2D eigenvalue weighted by Crippen LogP contribution is 2.13. The largest absolute Gasteiger partial charge is 0.480 e. The smallest absolute Gasteiger partial charge is 0.325 e. The molecule has 1 atom stereocenters. The first-order valence-corrected chi connectivity index (χ1v) is 5.80. The second kappa shape index (κ2) is 4.99. The van der Waals surface area contributed by atoms with Crippen LogP contribution in [0.1, 0.15) is 26.0 Å². The second-order valence-corrected chi connectivity index (χ2v) is 4.06. The van der Waals surface area contributed by atoms with Crippen molar-refractivity contribution in [3.05, 3.63) is 18.1 Å². The van der Waals surface area contributed by atoms with Crippen molar-refractivity contribution in [2.75, 3.05) is 5.32 Å². The predicted molar refractivity (Wildman–Crippen MR) is 65.5 cm³/mol. The SMILES string of the molecule is CCCc1cc(N[C@@H](C)C(=O)O)n2ncnc2n1. The van der Waals surface area contributed by atoms with E-state index in [9.17, 15) is 4.79 Å².